The Morgan fingerprint density at radius 3 is 1.71 bits per heavy atom. The number of nitrogens with one attached hydrogen (secondary N) is 1. The van der Waals surface area contributed by atoms with Gasteiger partial charge in [0.05, 0.1) is 11.4 Å². The second-order valence-corrected chi connectivity index (χ2v) is 9.66. The molecule has 0 fully saturated rings. The predicted octanol–water partition coefficient (Wildman–Crippen LogP) is 8.07. The quantitative estimate of drug-likeness (QED) is 0.134. The zero-order valence-electron chi connectivity index (χ0n) is 23.6. The molecule has 2 heterocycles. The van der Waals surface area contributed by atoms with Crippen molar-refractivity contribution in [1.82, 2.24) is 9.97 Å². The lowest BCUT2D eigenvalue weighted by atomic mass is 9.76. The summed E-state index contributed by atoms with van der Waals surface area (Å²) in [5, 5.41) is 3.66. The van der Waals surface area contributed by atoms with Crippen molar-refractivity contribution in [3.63, 3.8) is 0 Å². The number of benzene rings is 3. The van der Waals surface area contributed by atoms with Crippen LogP contribution in [-0.2, 0) is 15.0 Å². The monoisotopic (exact) mass is 547 g/mol. The van der Waals surface area contributed by atoms with E-state index in [2.05, 4.69) is 46.7 Å². The van der Waals surface area contributed by atoms with E-state index in [0.717, 1.165) is 22.4 Å². The highest BCUT2D eigenvalue weighted by Gasteiger charge is 2.37. The van der Waals surface area contributed by atoms with Gasteiger partial charge in [-0.15, -0.1) is 0 Å². The third-order valence-electron chi connectivity index (χ3n) is 6.98. The molecule has 0 spiro atoms. The predicted molar refractivity (Wildman–Crippen MR) is 161 cm³/mol. The molecule has 0 aliphatic rings. The van der Waals surface area contributed by atoms with E-state index in [4.69, 9.17) is 14.5 Å². The van der Waals surface area contributed by atoms with Gasteiger partial charge in [0.1, 0.15) is 11.2 Å². The average Bonchev–Trinajstić information content (AvgIpc) is 3.02. The molecule has 0 aliphatic carbocycles. The first-order valence-electron chi connectivity index (χ1n) is 13.9. The molecule has 0 bridgehead atoms. The van der Waals surface area contributed by atoms with Crippen LogP contribution in [0.4, 0.5) is 10.1 Å². The smallest absolute Gasteiger partial charge is 0.201 e. The largest absolute Gasteiger partial charge is 0.365 e. The maximum atomic E-state index is 16.7. The van der Waals surface area contributed by atoms with E-state index in [0.29, 0.717) is 24.5 Å². The van der Waals surface area contributed by atoms with Gasteiger partial charge in [-0.3, -0.25) is 4.98 Å². The van der Waals surface area contributed by atoms with Gasteiger partial charge in [-0.05, 0) is 55.7 Å². The highest BCUT2D eigenvalue weighted by atomic mass is 19.1. The number of hydrogen-bond donors (Lipinski definition) is 1. The molecule has 41 heavy (non-hydrogen) atoms. The summed E-state index contributed by atoms with van der Waals surface area (Å²) in [6, 6.07) is 35.6. The summed E-state index contributed by atoms with van der Waals surface area (Å²) in [6.45, 7) is 6.51. The minimum Gasteiger partial charge on any atom is -0.365 e. The van der Waals surface area contributed by atoms with Crippen LogP contribution in [0.25, 0.3) is 11.3 Å². The fourth-order valence-corrected chi connectivity index (χ4v) is 5.06. The molecule has 5 aromatic rings. The maximum absolute atomic E-state index is 16.7. The van der Waals surface area contributed by atoms with Crippen LogP contribution in [0.5, 0.6) is 0 Å². The van der Waals surface area contributed by atoms with Crippen LogP contribution in [0.1, 0.15) is 48.2 Å². The van der Waals surface area contributed by atoms with Crippen molar-refractivity contribution in [2.45, 2.75) is 32.6 Å². The Bertz CT molecular complexity index is 1440. The van der Waals surface area contributed by atoms with Crippen LogP contribution < -0.4 is 5.32 Å². The van der Waals surface area contributed by atoms with Crippen molar-refractivity contribution in [3.8, 4) is 11.3 Å². The molecule has 0 atom stereocenters. The fourth-order valence-electron chi connectivity index (χ4n) is 5.06. The highest BCUT2D eigenvalue weighted by molar-refractivity contribution is 5.69. The Hall–Kier alpha value is -4.39. The molecule has 0 aliphatic heterocycles. The number of rotatable bonds is 11. The molecular formula is C35H34FN3O2. The lowest BCUT2D eigenvalue weighted by Gasteiger charge is -2.38. The summed E-state index contributed by atoms with van der Waals surface area (Å²) >= 11 is 0. The third-order valence-corrected chi connectivity index (χ3v) is 6.98. The SMILES string of the molecule is CCOC(OCC)c1cc(NC(c2ccccc2)(c2ccccc2)c2ccccc2)c(F)c(-c2ccc(C)nc2)n1. The molecule has 208 valence electrons. The lowest BCUT2D eigenvalue weighted by molar-refractivity contribution is -0.142. The molecule has 6 heteroatoms. The van der Waals surface area contributed by atoms with Crippen LogP contribution in [0.15, 0.2) is 115 Å². The van der Waals surface area contributed by atoms with E-state index in [1.807, 2.05) is 87.5 Å². The van der Waals surface area contributed by atoms with Gasteiger partial charge in [0, 0.05) is 30.7 Å². The van der Waals surface area contributed by atoms with Crippen molar-refractivity contribution < 1.29 is 13.9 Å². The van der Waals surface area contributed by atoms with E-state index in [9.17, 15) is 0 Å². The average molecular weight is 548 g/mol. The van der Waals surface area contributed by atoms with Gasteiger partial charge in [0.15, 0.2) is 5.82 Å². The minimum atomic E-state index is -0.932. The van der Waals surface area contributed by atoms with Crippen molar-refractivity contribution in [3.05, 3.63) is 149 Å². The van der Waals surface area contributed by atoms with Gasteiger partial charge in [-0.1, -0.05) is 91.0 Å². The van der Waals surface area contributed by atoms with E-state index in [-0.39, 0.29) is 11.4 Å². The Morgan fingerprint density at radius 2 is 1.27 bits per heavy atom. The first-order valence-corrected chi connectivity index (χ1v) is 13.9. The summed E-state index contributed by atoms with van der Waals surface area (Å²) < 4.78 is 28.5. The number of anilines is 1. The van der Waals surface area contributed by atoms with E-state index < -0.39 is 17.6 Å². The second kappa shape index (κ2) is 12.9. The molecule has 5 nitrogen and oxygen atoms in total. The molecular weight excluding hydrogens is 513 g/mol. The Balaban J connectivity index is 1.79. The number of ether oxygens (including phenoxy) is 2. The highest BCUT2D eigenvalue weighted by Crippen LogP contribution is 2.42. The fraction of sp³-hybridized carbons (Fsp3) is 0.200. The van der Waals surface area contributed by atoms with Crippen LogP contribution in [0.3, 0.4) is 0 Å². The molecule has 0 unspecified atom stereocenters. The summed E-state index contributed by atoms with van der Waals surface area (Å²) in [7, 11) is 0. The van der Waals surface area contributed by atoms with Crippen molar-refractivity contribution in [2.24, 2.45) is 0 Å². The zero-order valence-corrected chi connectivity index (χ0v) is 23.6. The van der Waals surface area contributed by atoms with Gasteiger partial charge >= 0.3 is 0 Å². The first-order chi connectivity index (χ1) is 20.1. The number of pyridine rings is 2. The number of aromatic nitrogens is 2. The standard InChI is InChI=1S/C35H34FN3O2/c1-4-40-34(41-5-2)31-23-30(32(36)33(38-31)26-22-21-25(3)37-24-26)39-35(27-15-9-6-10-16-27,28-17-11-7-12-18-28)29-19-13-8-14-20-29/h6-24,34H,4-5H2,1-3H3,(H,38,39). The van der Waals surface area contributed by atoms with E-state index in [1.54, 1.807) is 12.3 Å². The van der Waals surface area contributed by atoms with Crippen molar-refractivity contribution in [2.75, 3.05) is 18.5 Å². The molecule has 3 aromatic carbocycles. The van der Waals surface area contributed by atoms with Crippen LogP contribution in [0.2, 0.25) is 0 Å². The summed E-state index contributed by atoms with van der Waals surface area (Å²) in [6.07, 6.45) is 0.881. The van der Waals surface area contributed by atoms with Crippen molar-refractivity contribution in [1.29, 1.82) is 0 Å². The number of hydrogen-bond acceptors (Lipinski definition) is 5. The topological polar surface area (TPSA) is 56.3 Å². The minimum absolute atomic E-state index is 0.171. The Morgan fingerprint density at radius 1 is 0.756 bits per heavy atom. The van der Waals surface area contributed by atoms with Crippen molar-refractivity contribution >= 4 is 5.69 Å². The number of nitrogens with zero attached hydrogens (tertiary/aromatic N) is 2. The van der Waals surface area contributed by atoms with Gasteiger partial charge in [-0.25, -0.2) is 9.37 Å². The second-order valence-electron chi connectivity index (χ2n) is 9.66. The van der Waals surface area contributed by atoms with Gasteiger partial charge in [0.25, 0.3) is 0 Å². The van der Waals surface area contributed by atoms with E-state index >= 15 is 4.39 Å². The van der Waals surface area contributed by atoms with Crippen LogP contribution in [-0.4, -0.2) is 23.2 Å². The molecule has 2 aromatic heterocycles. The molecule has 0 amide bonds. The number of halogens is 1. The van der Waals surface area contributed by atoms with Crippen LogP contribution >= 0.6 is 0 Å². The van der Waals surface area contributed by atoms with Crippen LogP contribution in [0, 0.1) is 12.7 Å². The normalized spacial score (nSPS) is 11.5. The zero-order chi connectivity index (χ0) is 28.7. The third kappa shape index (κ3) is 5.89. The Kier molecular flexibility index (Phi) is 8.82. The number of aryl methyl sites for hydroxylation is 1. The lowest BCUT2D eigenvalue weighted by Crippen LogP contribution is -2.38. The van der Waals surface area contributed by atoms with Gasteiger partial charge in [-0.2, -0.15) is 0 Å². The van der Waals surface area contributed by atoms with E-state index in [1.165, 1.54) is 0 Å². The molecule has 5 rings (SSSR count). The van der Waals surface area contributed by atoms with Gasteiger partial charge in [0.2, 0.25) is 6.29 Å². The molecule has 0 radical (unpaired) electrons. The maximum Gasteiger partial charge on any atom is 0.201 e. The summed E-state index contributed by atoms with van der Waals surface area (Å²) in [5.41, 5.74) is 4.25. The Labute approximate surface area is 241 Å². The molecule has 1 N–H and O–H groups in total. The molecule has 0 saturated heterocycles. The molecule has 0 saturated carbocycles. The summed E-state index contributed by atoms with van der Waals surface area (Å²) in [5.74, 6) is -0.488. The van der Waals surface area contributed by atoms with Gasteiger partial charge < -0.3 is 14.8 Å². The first kappa shape index (κ1) is 28.1. The summed E-state index contributed by atoms with van der Waals surface area (Å²) in [4.78, 5) is 9.11.